The second kappa shape index (κ2) is 6.67. The van der Waals surface area contributed by atoms with Gasteiger partial charge in [0.25, 0.3) is 0 Å². The molecule has 1 heterocycles. The molecule has 0 unspecified atom stereocenters. The van der Waals surface area contributed by atoms with E-state index in [0.717, 1.165) is 11.6 Å². The first-order valence-corrected chi connectivity index (χ1v) is 7.81. The van der Waals surface area contributed by atoms with Crippen molar-refractivity contribution in [3.63, 3.8) is 0 Å². The number of esters is 1. The van der Waals surface area contributed by atoms with Crippen LogP contribution in [0.2, 0.25) is 0 Å². The Kier molecular flexibility index (Phi) is 4.60. The van der Waals surface area contributed by atoms with Gasteiger partial charge in [0.05, 0.1) is 18.1 Å². The summed E-state index contributed by atoms with van der Waals surface area (Å²) < 4.78 is 44.6. The minimum atomic E-state index is -4.42. The van der Waals surface area contributed by atoms with Crippen LogP contribution in [0, 0.1) is 11.8 Å². The maximum atomic E-state index is 13.1. The van der Waals surface area contributed by atoms with E-state index >= 15 is 0 Å². The van der Waals surface area contributed by atoms with Crippen LogP contribution in [0.3, 0.4) is 0 Å². The van der Waals surface area contributed by atoms with Gasteiger partial charge in [-0.1, -0.05) is 48.5 Å². The first kappa shape index (κ1) is 16.6. The fourth-order valence-corrected chi connectivity index (χ4v) is 3.18. The van der Waals surface area contributed by atoms with E-state index in [1.807, 2.05) is 30.3 Å². The molecule has 2 aromatic rings. The van der Waals surface area contributed by atoms with Crippen LogP contribution in [-0.2, 0) is 28.5 Å². The third kappa shape index (κ3) is 3.61. The molecule has 0 bridgehead atoms. The minimum Gasteiger partial charge on any atom is -0.465 e. The van der Waals surface area contributed by atoms with Crippen LogP contribution in [-0.4, -0.2) is 12.6 Å². The Morgan fingerprint density at radius 1 is 0.958 bits per heavy atom. The number of rotatable bonds is 4. The lowest BCUT2D eigenvalue weighted by atomic mass is 9.84. The summed E-state index contributed by atoms with van der Waals surface area (Å²) in [5, 5.41) is 0. The molecule has 0 N–H and O–H groups in total. The molecule has 3 rings (SSSR count). The Morgan fingerprint density at radius 3 is 2.33 bits per heavy atom. The molecule has 1 aliphatic heterocycles. The summed E-state index contributed by atoms with van der Waals surface area (Å²) >= 11 is 0. The summed E-state index contributed by atoms with van der Waals surface area (Å²) in [7, 11) is 0. The fourth-order valence-electron chi connectivity index (χ4n) is 3.18. The summed E-state index contributed by atoms with van der Waals surface area (Å²) in [6, 6.07) is 15.0. The predicted molar refractivity (Wildman–Crippen MR) is 83.2 cm³/mol. The van der Waals surface area contributed by atoms with Crippen molar-refractivity contribution in [1.82, 2.24) is 0 Å². The minimum absolute atomic E-state index is 0.0476. The number of hydrogen-bond donors (Lipinski definition) is 0. The van der Waals surface area contributed by atoms with E-state index in [4.69, 9.17) is 4.74 Å². The molecule has 1 saturated heterocycles. The van der Waals surface area contributed by atoms with Crippen molar-refractivity contribution in [2.24, 2.45) is 11.8 Å². The second-order valence-electron chi connectivity index (χ2n) is 6.05. The Morgan fingerprint density at radius 2 is 1.62 bits per heavy atom. The summed E-state index contributed by atoms with van der Waals surface area (Å²) in [4.78, 5) is 12.0. The van der Waals surface area contributed by atoms with Gasteiger partial charge in [0, 0.05) is 5.92 Å². The number of halogens is 3. The van der Waals surface area contributed by atoms with E-state index in [0.29, 0.717) is 6.42 Å². The van der Waals surface area contributed by atoms with Crippen LogP contribution in [0.5, 0.6) is 0 Å². The molecule has 0 radical (unpaired) electrons. The number of carbonyl (C=O) groups is 1. The first-order chi connectivity index (χ1) is 11.4. The highest BCUT2D eigenvalue weighted by Crippen LogP contribution is 2.35. The first-order valence-electron chi connectivity index (χ1n) is 7.81. The van der Waals surface area contributed by atoms with Crippen LogP contribution in [0.1, 0.15) is 16.7 Å². The third-order valence-corrected chi connectivity index (χ3v) is 4.41. The molecule has 24 heavy (non-hydrogen) atoms. The molecule has 5 heteroatoms. The standard InChI is InChI=1S/C19H17F3O2/c20-19(21,22)17-9-5-4-8-14(17)11-16-15(12-24-18(16)23)10-13-6-2-1-3-7-13/h1-9,15-16H,10-12H2/t15-,16+/m0/s1. The van der Waals surface area contributed by atoms with Gasteiger partial charge in [-0.2, -0.15) is 13.2 Å². The quantitative estimate of drug-likeness (QED) is 0.780. The van der Waals surface area contributed by atoms with Gasteiger partial charge in [0.1, 0.15) is 0 Å². The van der Waals surface area contributed by atoms with Gasteiger partial charge in [-0.25, -0.2) is 0 Å². The van der Waals surface area contributed by atoms with E-state index in [9.17, 15) is 18.0 Å². The van der Waals surface area contributed by atoms with E-state index in [-0.39, 0.29) is 24.5 Å². The number of cyclic esters (lactones) is 1. The molecule has 0 spiro atoms. The van der Waals surface area contributed by atoms with Crippen LogP contribution in [0.4, 0.5) is 13.2 Å². The number of ether oxygens (including phenoxy) is 1. The molecule has 2 aromatic carbocycles. The summed E-state index contributed by atoms with van der Waals surface area (Å²) in [6.07, 6.45) is -3.76. The van der Waals surface area contributed by atoms with E-state index in [1.165, 1.54) is 12.1 Å². The topological polar surface area (TPSA) is 26.3 Å². The third-order valence-electron chi connectivity index (χ3n) is 4.41. The van der Waals surface area contributed by atoms with Crippen LogP contribution >= 0.6 is 0 Å². The SMILES string of the molecule is O=C1OC[C@H](Cc2ccccc2)[C@H]1Cc1ccccc1C(F)(F)F. The Balaban J connectivity index is 1.81. The highest BCUT2D eigenvalue weighted by atomic mass is 19.4. The zero-order chi connectivity index (χ0) is 17.2. The van der Waals surface area contributed by atoms with E-state index < -0.39 is 23.6 Å². The number of alkyl halides is 3. The lowest BCUT2D eigenvalue weighted by Gasteiger charge is -2.18. The highest BCUT2D eigenvalue weighted by Gasteiger charge is 2.39. The molecule has 1 aliphatic rings. The van der Waals surface area contributed by atoms with Crippen molar-refractivity contribution in [2.45, 2.75) is 19.0 Å². The van der Waals surface area contributed by atoms with Crippen molar-refractivity contribution in [1.29, 1.82) is 0 Å². The van der Waals surface area contributed by atoms with Gasteiger partial charge in [0.2, 0.25) is 0 Å². The van der Waals surface area contributed by atoms with E-state index in [1.54, 1.807) is 6.07 Å². The lowest BCUT2D eigenvalue weighted by molar-refractivity contribution is -0.142. The largest absolute Gasteiger partial charge is 0.465 e. The zero-order valence-corrected chi connectivity index (χ0v) is 12.9. The molecule has 1 fully saturated rings. The average Bonchev–Trinajstić information content (AvgIpc) is 2.89. The lowest BCUT2D eigenvalue weighted by Crippen LogP contribution is -2.22. The summed E-state index contributed by atoms with van der Waals surface area (Å²) in [5.41, 5.74) is 0.518. The molecular formula is C19H17F3O2. The van der Waals surface area contributed by atoms with Crippen molar-refractivity contribution < 1.29 is 22.7 Å². The maximum Gasteiger partial charge on any atom is 0.416 e. The normalized spacial score (nSPS) is 20.9. The van der Waals surface area contributed by atoms with Crippen molar-refractivity contribution in [2.75, 3.05) is 6.61 Å². The molecular weight excluding hydrogens is 317 g/mol. The van der Waals surface area contributed by atoms with Gasteiger partial charge in [-0.3, -0.25) is 4.79 Å². The van der Waals surface area contributed by atoms with Gasteiger partial charge < -0.3 is 4.74 Å². The van der Waals surface area contributed by atoms with Crippen molar-refractivity contribution >= 4 is 5.97 Å². The monoisotopic (exact) mass is 334 g/mol. The van der Waals surface area contributed by atoms with Crippen LogP contribution < -0.4 is 0 Å². The zero-order valence-electron chi connectivity index (χ0n) is 12.9. The number of hydrogen-bond acceptors (Lipinski definition) is 2. The Hall–Kier alpha value is -2.30. The summed E-state index contributed by atoms with van der Waals surface area (Å²) in [5.74, 6) is -1.07. The average molecular weight is 334 g/mol. The highest BCUT2D eigenvalue weighted by molar-refractivity contribution is 5.75. The van der Waals surface area contributed by atoms with Crippen LogP contribution in [0.25, 0.3) is 0 Å². The molecule has 0 amide bonds. The van der Waals surface area contributed by atoms with Crippen LogP contribution in [0.15, 0.2) is 54.6 Å². The maximum absolute atomic E-state index is 13.1. The molecule has 0 saturated carbocycles. The fraction of sp³-hybridized carbons (Fsp3) is 0.316. The molecule has 2 atom stereocenters. The van der Waals surface area contributed by atoms with Crippen molar-refractivity contribution in [3.05, 3.63) is 71.3 Å². The number of carbonyl (C=O) groups excluding carboxylic acids is 1. The molecule has 0 aromatic heterocycles. The van der Waals surface area contributed by atoms with Gasteiger partial charge in [-0.15, -0.1) is 0 Å². The second-order valence-corrected chi connectivity index (χ2v) is 6.05. The summed E-state index contributed by atoms with van der Waals surface area (Å²) in [6.45, 7) is 0.257. The molecule has 0 aliphatic carbocycles. The Bertz CT molecular complexity index is 710. The van der Waals surface area contributed by atoms with E-state index in [2.05, 4.69) is 0 Å². The van der Waals surface area contributed by atoms with Gasteiger partial charge in [-0.05, 0) is 30.0 Å². The van der Waals surface area contributed by atoms with Crippen molar-refractivity contribution in [3.8, 4) is 0 Å². The van der Waals surface area contributed by atoms with Gasteiger partial charge in [0.15, 0.2) is 0 Å². The molecule has 126 valence electrons. The predicted octanol–water partition coefficient (Wildman–Crippen LogP) is 4.28. The smallest absolute Gasteiger partial charge is 0.416 e. The Labute approximate surface area is 138 Å². The van der Waals surface area contributed by atoms with Gasteiger partial charge >= 0.3 is 12.1 Å². The number of benzene rings is 2. The molecule has 2 nitrogen and oxygen atoms in total.